The monoisotopic (exact) mass is 382 g/mol. The molecular weight excluding hydrogens is 359 g/mol. The van der Waals surface area contributed by atoms with Gasteiger partial charge in [0.2, 0.25) is 5.91 Å². The summed E-state index contributed by atoms with van der Waals surface area (Å²) in [5.74, 6) is 0.760. The van der Waals surface area contributed by atoms with Crippen LogP contribution in [0.2, 0.25) is 0 Å². The first-order valence-electron chi connectivity index (χ1n) is 9.43. The second-order valence-electron chi connectivity index (χ2n) is 6.99. The van der Waals surface area contributed by atoms with Crippen LogP contribution in [0.25, 0.3) is 10.9 Å². The molecule has 1 amide bonds. The third-order valence-electron chi connectivity index (χ3n) is 5.07. The number of likely N-dealkylation sites (tertiary alicyclic amines) is 1. The van der Waals surface area contributed by atoms with Crippen molar-refractivity contribution in [1.29, 1.82) is 0 Å². The van der Waals surface area contributed by atoms with Crippen molar-refractivity contribution in [2.45, 2.75) is 36.5 Å². The van der Waals surface area contributed by atoms with Gasteiger partial charge in [-0.05, 0) is 43.0 Å². The van der Waals surface area contributed by atoms with Crippen LogP contribution in [0.1, 0.15) is 24.8 Å². The van der Waals surface area contributed by atoms with Crippen molar-refractivity contribution < 1.29 is 9.18 Å². The Morgan fingerprint density at radius 3 is 2.52 bits per heavy atom. The van der Waals surface area contributed by atoms with Gasteiger partial charge in [-0.25, -0.2) is 4.39 Å². The van der Waals surface area contributed by atoms with Gasteiger partial charge in [0.15, 0.2) is 0 Å². The Morgan fingerprint density at radius 1 is 1.00 bits per heavy atom. The first-order chi connectivity index (χ1) is 13.2. The Balaban J connectivity index is 1.53. The molecule has 0 saturated carbocycles. The number of carbonyl (C=O) groups is 1. The average molecular weight is 383 g/mol. The number of thioether (sulfide) groups is 1. The Bertz CT molecular complexity index is 929. The van der Waals surface area contributed by atoms with Gasteiger partial charge in [0.05, 0.1) is 0 Å². The van der Waals surface area contributed by atoms with Crippen LogP contribution in [0.3, 0.4) is 0 Å². The third-order valence-corrected chi connectivity index (χ3v) is 6.19. The molecule has 0 spiro atoms. The number of carbonyl (C=O) groups excluding carboxylic acids is 1. The van der Waals surface area contributed by atoms with Gasteiger partial charge in [-0.3, -0.25) is 4.79 Å². The van der Waals surface area contributed by atoms with E-state index in [1.807, 2.05) is 29.2 Å². The van der Waals surface area contributed by atoms with Crippen molar-refractivity contribution in [3.63, 3.8) is 0 Å². The summed E-state index contributed by atoms with van der Waals surface area (Å²) in [5, 5.41) is 1.16. The molecule has 0 atom stereocenters. The molecule has 0 aliphatic carbocycles. The predicted octanol–water partition coefficient (Wildman–Crippen LogP) is 5.09. The van der Waals surface area contributed by atoms with Crippen molar-refractivity contribution in [3.8, 4) is 0 Å². The molecule has 140 valence electrons. The fraction of sp³-hybridized carbons (Fsp3) is 0.318. The molecule has 2 aromatic carbocycles. The minimum absolute atomic E-state index is 0.200. The summed E-state index contributed by atoms with van der Waals surface area (Å²) in [6, 6.07) is 14.8. The van der Waals surface area contributed by atoms with Crippen LogP contribution >= 0.6 is 11.8 Å². The maximum absolute atomic E-state index is 13.1. The second-order valence-corrected chi connectivity index (χ2v) is 8.01. The molecule has 1 saturated heterocycles. The van der Waals surface area contributed by atoms with Crippen molar-refractivity contribution in [2.75, 3.05) is 13.1 Å². The molecule has 1 fully saturated rings. The zero-order valence-corrected chi connectivity index (χ0v) is 16.1. The molecule has 5 heteroatoms. The van der Waals surface area contributed by atoms with Crippen molar-refractivity contribution in [2.24, 2.45) is 0 Å². The highest BCUT2D eigenvalue weighted by atomic mass is 32.2. The number of benzene rings is 2. The van der Waals surface area contributed by atoms with E-state index in [1.54, 1.807) is 11.8 Å². The van der Waals surface area contributed by atoms with E-state index in [1.165, 1.54) is 18.6 Å². The minimum atomic E-state index is -0.212. The molecule has 0 N–H and O–H groups in total. The molecule has 3 nitrogen and oxygen atoms in total. The second kappa shape index (κ2) is 8.17. The number of para-hydroxylation sites is 1. The number of hydrogen-bond acceptors (Lipinski definition) is 2. The lowest BCUT2D eigenvalue weighted by atomic mass is 10.1. The molecule has 1 aromatic heterocycles. The summed E-state index contributed by atoms with van der Waals surface area (Å²) < 4.78 is 15.2. The maximum atomic E-state index is 13.1. The van der Waals surface area contributed by atoms with Gasteiger partial charge in [0.25, 0.3) is 0 Å². The number of nitrogens with zero attached hydrogens (tertiary/aromatic N) is 2. The summed E-state index contributed by atoms with van der Waals surface area (Å²) in [5.41, 5.74) is 2.17. The molecule has 4 rings (SSSR count). The summed E-state index contributed by atoms with van der Waals surface area (Å²) in [6.45, 7) is 2.14. The lowest BCUT2D eigenvalue weighted by molar-refractivity contribution is -0.132. The molecular formula is C22H23FN2OS. The molecule has 0 radical (unpaired) electrons. The highest BCUT2D eigenvalue weighted by Gasteiger charge is 2.18. The average Bonchev–Trinajstić information content (AvgIpc) is 3.06. The fourth-order valence-electron chi connectivity index (χ4n) is 3.59. The molecule has 3 aromatic rings. The van der Waals surface area contributed by atoms with Crippen LogP contribution in [0, 0.1) is 5.82 Å². The smallest absolute Gasteiger partial charge is 0.242 e. The Kier molecular flexibility index (Phi) is 5.48. The maximum Gasteiger partial charge on any atom is 0.242 e. The largest absolute Gasteiger partial charge is 0.341 e. The highest BCUT2D eigenvalue weighted by Crippen LogP contribution is 2.32. The van der Waals surface area contributed by atoms with E-state index in [2.05, 4.69) is 22.9 Å². The van der Waals surface area contributed by atoms with E-state index in [0.717, 1.165) is 53.0 Å². The van der Waals surface area contributed by atoms with E-state index in [0.29, 0.717) is 6.54 Å². The van der Waals surface area contributed by atoms with E-state index >= 15 is 0 Å². The number of rotatable bonds is 5. The summed E-state index contributed by atoms with van der Waals surface area (Å²) >= 11 is 1.72. The van der Waals surface area contributed by atoms with Gasteiger partial charge in [-0.1, -0.05) is 30.3 Å². The van der Waals surface area contributed by atoms with Crippen LogP contribution in [-0.2, 0) is 17.1 Å². The van der Waals surface area contributed by atoms with Crippen LogP contribution in [0.15, 0.2) is 59.6 Å². The minimum Gasteiger partial charge on any atom is -0.341 e. The number of halogens is 1. The van der Waals surface area contributed by atoms with Crippen molar-refractivity contribution in [3.05, 3.63) is 66.1 Å². The lowest BCUT2D eigenvalue weighted by Crippen LogP contribution is -2.37. The van der Waals surface area contributed by atoms with Gasteiger partial charge in [0.1, 0.15) is 12.4 Å². The van der Waals surface area contributed by atoms with Crippen molar-refractivity contribution in [1.82, 2.24) is 9.47 Å². The van der Waals surface area contributed by atoms with Gasteiger partial charge in [-0.15, -0.1) is 11.8 Å². The summed E-state index contributed by atoms with van der Waals surface area (Å²) in [6.07, 6.45) is 5.52. The van der Waals surface area contributed by atoms with Crippen LogP contribution in [0.4, 0.5) is 4.39 Å². The first kappa shape index (κ1) is 18.1. The van der Waals surface area contributed by atoms with E-state index < -0.39 is 0 Å². The highest BCUT2D eigenvalue weighted by molar-refractivity contribution is 7.98. The number of hydrogen-bond donors (Lipinski definition) is 0. The zero-order valence-electron chi connectivity index (χ0n) is 15.2. The molecule has 0 bridgehead atoms. The van der Waals surface area contributed by atoms with E-state index in [-0.39, 0.29) is 11.7 Å². The normalized spacial score (nSPS) is 14.6. The van der Waals surface area contributed by atoms with E-state index in [9.17, 15) is 9.18 Å². The topological polar surface area (TPSA) is 25.2 Å². The Morgan fingerprint density at radius 2 is 1.74 bits per heavy atom. The standard InChI is InChI=1S/C22H23FN2OS/c23-18-10-8-17(9-11-18)16-27-21-14-25(20-7-3-2-6-19(20)21)15-22(26)24-12-4-1-5-13-24/h2-3,6-11,14H,1,4-5,12-13,15-16H2. The number of aromatic nitrogens is 1. The quantitative estimate of drug-likeness (QED) is 0.575. The van der Waals surface area contributed by atoms with Gasteiger partial charge < -0.3 is 9.47 Å². The number of piperidine rings is 1. The van der Waals surface area contributed by atoms with Gasteiger partial charge in [-0.2, -0.15) is 0 Å². The first-order valence-corrected chi connectivity index (χ1v) is 10.4. The lowest BCUT2D eigenvalue weighted by Gasteiger charge is -2.27. The van der Waals surface area contributed by atoms with E-state index in [4.69, 9.17) is 0 Å². The van der Waals surface area contributed by atoms with Gasteiger partial charge >= 0.3 is 0 Å². The third kappa shape index (κ3) is 4.19. The SMILES string of the molecule is O=C(Cn1cc(SCc2ccc(F)cc2)c2ccccc21)N1CCCCC1. The van der Waals surface area contributed by atoms with Crippen molar-refractivity contribution >= 4 is 28.6 Å². The summed E-state index contributed by atoms with van der Waals surface area (Å²) in [7, 11) is 0. The fourth-order valence-corrected chi connectivity index (χ4v) is 4.63. The van der Waals surface area contributed by atoms with Gasteiger partial charge in [0, 0.05) is 40.8 Å². The number of amides is 1. The Labute approximate surface area is 163 Å². The molecule has 0 unspecified atom stereocenters. The molecule has 27 heavy (non-hydrogen) atoms. The summed E-state index contributed by atoms with van der Waals surface area (Å²) in [4.78, 5) is 15.8. The molecule has 1 aliphatic heterocycles. The Hall–Kier alpha value is -2.27. The number of fused-ring (bicyclic) bond motifs is 1. The van der Waals surface area contributed by atoms with Crippen LogP contribution in [-0.4, -0.2) is 28.5 Å². The molecule has 2 heterocycles. The molecule has 1 aliphatic rings. The van der Waals surface area contributed by atoms with Crippen LogP contribution in [0.5, 0.6) is 0 Å². The zero-order chi connectivity index (χ0) is 18.6. The van der Waals surface area contributed by atoms with Crippen LogP contribution < -0.4 is 0 Å². The predicted molar refractivity (Wildman–Crippen MR) is 108 cm³/mol.